The molecule has 0 radical (unpaired) electrons. The van der Waals surface area contributed by atoms with E-state index >= 15 is 0 Å². The number of carbonyl (C=O) groups excluding carboxylic acids is 2. The zero-order valence-corrected chi connectivity index (χ0v) is 21.3. The first-order chi connectivity index (χ1) is 17.7. The topological polar surface area (TPSA) is 65.1 Å². The Morgan fingerprint density at radius 2 is 1.65 bits per heavy atom. The van der Waals surface area contributed by atoms with Crippen molar-refractivity contribution in [3.63, 3.8) is 0 Å². The molecule has 0 unspecified atom stereocenters. The molecule has 7 nitrogen and oxygen atoms in total. The van der Waals surface area contributed by atoms with Gasteiger partial charge in [0.05, 0.1) is 12.1 Å². The second-order valence-corrected chi connectivity index (χ2v) is 11.2. The molecule has 10 heteroatoms. The van der Waals surface area contributed by atoms with Crippen molar-refractivity contribution in [2.75, 3.05) is 52.4 Å². The molecule has 1 aromatic carbocycles. The van der Waals surface area contributed by atoms with E-state index in [0.29, 0.717) is 31.5 Å². The molecule has 1 saturated carbocycles. The van der Waals surface area contributed by atoms with Crippen molar-refractivity contribution >= 4 is 12.0 Å². The van der Waals surface area contributed by atoms with Crippen LogP contribution < -0.4 is 5.32 Å². The van der Waals surface area contributed by atoms with Crippen molar-refractivity contribution in [2.24, 2.45) is 11.8 Å². The average molecular weight is 523 g/mol. The lowest BCUT2D eigenvalue weighted by atomic mass is 9.81. The van der Waals surface area contributed by atoms with Crippen molar-refractivity contribution in [1.82, 2.24) is 20.0 Å². The summed E-state index contributed by atoms with van der Waals surface area (Å²) >= 11 is 0. The van der Waals surface area contributed by atoms with Crippen molar-refractivity contribution in [3.05, 3.63) is 35.4 Å². The van der Waals surface area contributed by atoms with Crippen molar-refractivity contribution in [2.45, 2.75) is 56.8 Å². The van der Waals surface area contributed by atoms with Crippen LogP contribution in [0.5, 0.6) is 0 Å². The van der Waals surface area contributed by atoms with Crippen molar-refractivity contribution < 1.29 is 27.5 Å². The fourth-order valence-corrected chi connectivity index (χ4v) is 6.32. The minimum Gasteiger partial charge on any atom is -0.441 e. The highest BCUT2D eigenvalue weighted by Gasteiger charge is 2.47. The van der Waals surface area contributed by atoms with E-state index in [1.54, 1.807) is 0 Å². The van der Waals surface area contributed by atoms with Crippen LogP contribution in [-0.2, 0) is 22.3 Å². The van der Waals surface area contributed by atoms with E-state index < -0.39 is 17.3 Å². The Hall–Kier alpha value is -2.33. The molecule has 4 fully saturated rings. The van der Waals surface area contributed by atoms with Crippen molar-refractivity contribution in [1.29, 1.82) is 0 Å². The second kappa shape index (κ2) is 10.8. The Labute approximate surface area is 216 Å². The summed E-state index contributed by atoms with van der Waals surface area (Å²) in [5, 5.41) is 3.29. The van der Waals surface area contributed by atoms with Crippen LogP contribution in [0.15, 0.2) is 24.3 Å². The highest BCUT2D eigenvalue weighted by atomic mass is 19.4. The van der Waals surface area contributed by atoms with Crippen LogP contribution in [0.1, 0.15) is 49.7 Å². The molecule has 37 heavy (non-hydrogen) atoms. The predicted octanol–water partition coefficient (Wildman–Crippen LogP) is 3.73. The molecule has 0 aromatic heterocycles. The first kappa shape index (κ1) is 26.3. The fraction of sp³-hybridized carbons (Fsp3) is 0.704. The van der Waals surface area contributed by atoms with Gasteiger partial charge in [-0.1, -0.05) is 12.1 Å². The molecule has 2 amide bonds. The van der Waals surface area contributed by atoms with Gasteiger partial charge in [0.1, 0.15) is 5.60 Å². The smallest absolute Gasteiger partial charge is 0.416 e. The number of ether oxygens (including phenoxy) is 1. The zero-order chi connectivity index (χ0) is 26.0. The van der Waals surface area contributed by atoms with Crippen LogP contribution in [0, 0.1) is 11.8 Å². The fourth-order valence-electron chi connectivity index (χ4n) is 6.32. The summed E-state index contributed by atoms with van der Waals surface area (Å²) in [5.74, 6) is 0.803. The Balaban J connectivity index is 1.06. The monoisotopic (exact) mass is 522 g/mol. The number of halogens is 3. The minimum atomic E-state index is -4.32. The van der Waals surface area contributed by atoms with Gasteiger partial charge in [0.2, 0.25) is 5.91 Å². The molecule has 1 spiro atoms. The van der Waals surface area contributed by atoms with E-state index in [0.717, 1.165) is 95.5 Å². The maximum absolute atomic E-state index is 12.8. The van der Waals surface area contributed by atoms with Gasteiger partial charge in [0.25, 0.3) is 0 Å². The number of benzene rings is 1. The molecule has 3 aliphatic heterocycles. The summed E-state index contributed by atoms with van der Waals surface area (Å²) in [6.45, 7) is 6.67. The van der Waals surface area contributed by atoms with Crippen molar-refractivity contribution in [3.8, 4) is 0 Å². The van der Waals surface area contributed by atoms with Gasteiger partial charge in [-0.25, -0.2) is 4.79 Å². The number of nitrogens with zero attached hydrogens (tertiary/aromatic N) is 3. The molecule has 0 bridgehead atoms. The Kier molecular flexibility index (Phi) is 7.68. The molecule has 3 heterocycles. The van der Waals surface area contributed by atoms with Crippen LogP contribution in [0.25, 0.3) is 0 Å². The van der Waals surface area contributed by atoms with Gasteiger partial charge in [0.15, 0.2) is 0 Å². The van der Waals surface area contributed by atoms with E-state index in [-0.39, 0.29) is 12.0 Å². The zero-order valence-electron chi connectivity index (χ0n) is 21.3. The molecular weight excluding hydrogens is 485 g/mol. The van der Waals surface area contributed by atoms with E-state index in [9.17, 15) is 22.8 Å². The van der Waals surface area contributed by atoms with Crippen LogP contribution in [0.3, 0.4) is 0 Å². The first-order valence-electron chi connectivity index (χ1n) is 13.6. The highest BCUT2D eigenvalue weighted by molar-refractivity contribution is 5.79. The lowest BCUT2D eigenvalue weighted by Gasteiger charge is -2.37. The Morgan fingerprint density at radius 1 is 1.00 bits per heavy atom. The summed E-state index contributed by atoms with van der Waals surface area (Å²) < 4.78 is 44.3. The first-order valence-corrected chi connectivity index (χ1v) is 13.6. The van der Waals surface area contributed by atoms with Gasteiger partial charge < -0.3 is 19.9 Å². The Bertz CT molecular complexity index is 949. The van der Waals surface area contributed by atoms with Gasteiger partial charge in [-0.05, 0) is 49.3 Å². The maximum atomic E-state index is 12.8. The maximum Gasteiger partial charge on any atom is 0.416 e. The van der Waals surface area contributed by atoms with E-state index in [1.165, 1.54) is 12.1 Å². The summed E-state index contributed by atoms with van der Waals surface area (Å²) in [6.07, 6.45) is 0.580. The lowest BCUT2D eigenvalue weighted by Crippen LogP contribution is -2.49. The quantitative estimate of drug-likeness (QED) is 0.639. The number of rotatable bonds is 5. The number of piperazine rings is 1. The number of alkyl halides is 3. The summed E-state index contributed by atoms with van der Waals surface area (Å²) in [4.78, 5) is 31.6. The molecule has 5 rings (SSSR count). The van der Waals surface area contributed by atoms with Gasteiger partial charge in [-0.15, -0.1) is 0 Å². The van der Waals surface area contributed by atoms with E-state index in [2.05, 4.69) is 10.2 Å². The van der Waals surface area contributed by atoms with Gasteiger partial charge >= 0.3 is 12.3 Å². The van der Waals surface area contributed by atoms with Gasteiger partial charge in [-0.3, -0.25) is 9.69 Å². The van der Waals surface area contributed by atoms with Crippen LogP contribution in [0.2, 0.25) is 0 Å². The summed E-state index contributed by atoms with van der Waals surface area (Å²) in [5.41, 5.74) is -0.255. The third-order valence-corrected chi connectivity index (χ3v) is 8.60. The summed E-state index contributed by atoms with van der Waals surface area (Å²) in [6, 6.07) is 5.34. The highest BCUT2D eigenvalue weighted by Crippen LogP contribution is 2.37. The molecule has 4 aliphatic rings. The minimum absolute atomic E-state index is 0.111. The molecule has 1 aromatic rings. The van der Waals surface area contributed by atoms with Crippen LogP contribution >= 0.6 is 0 Å². The largest absolute Gasteiger partial charge is 0.441 e. The van der Waals surface area contributed by atoms with E-state index in [4.69, 9.17) is 4.74 Å². The normalized spacial score (nSPS) is 26.9. The Morgan fingerprint density at radius 3 is 2.27 bits per heavy atom. The molecule has 1 N–H and O–H groups in total. The molecule has 1 aliphatic carbocycles. The van der Waals surface area contributed by atoms with E-state index in [1.807, 2.05) is 9.80 Å². The SMILES string of the molecule is O=C1OC2(CCN(Cc3ccc(C(F)(F)F)cc3)CC2)CN1CC1CCC(C(=O)N2CCNCC2)CC1. The van der Waals surface area contributed by atoms with Crippen LogP contribution in [-0.4, -0.2) is 84.7 Å². The second-order valence-electron chi connectivity index (χ2n) is 11.2. The predicted molar refractivity (Wildman–Crippen MR) is 132 cm³/mol. The standard InChI is InChI=1S/C27H37F3N4O3/c28-27(29,30)23-7-3-20(4-8-23)17-32-13-9-26(10-14-32)19-34(25(36)37-26)18-21-1-5-22(6-2-21)24(35)33-15-11-31-12-16-33/h3-4,7-8,21-22,31H,1-2,5-6,9-19H2. The molecular formula is C27H37F3N4O3. The van der Waals surface area contributed by atoms with Gasteiger partial charge in [0, 0.05) is 71.1 Å². The molecule has 3 saturated heterocycles. The number of nitrogens with one attached hydrogen (secondary N) is 1. The number of hydrogen-bond acceptors (Lipinski definition) is 5. The lowest BCUT2D eigenvalue weighted by molar-refractivity contribution is -0.138. The number of amides is 2. The molecule has 204 valence electrons. The van der Waals surface area contributed by atoms with Crippen LogP contribution in [0.4, 0.5) is 18.0 Å². The number of hydrogen-bond donors (Lipinski definition) is 1. The van der Waals surface area contributed by atoms with Gasteiger partial charge in [-0.2, -0.15) is 13.2 Å². The number of piperidine rings is 1. The third kappa shape index (κ3) is 6.22. The third-order valence-electron chi connectivity index (χ3n) is 8.60. The average Bonchev–Trinajstić information content (AvgIpc) is 3.20. The number of carbonyl (C=O) groups is 2. The molecule has 0 atom stereocenters. The number of likely N-dealkylation sites (tertiary alicyclic amines) is 1. The summed E-state index contributed by atoms with van der Waals surface area (Å²) in [7, 11) is 0.